The molecule has 0 spiro atoms. The number of ether oxygens (including phenoxy) is 1. The van der Waals surface area contributed by atoms with Crippen molar-refractivity contribution in [3.8, 4) is 5.75 Å². The Hall–Kier alpha value is -3.15. The molecule has 2 aromatic carbocycles. The molecular formula is C21H23FN2O3. The lowest BCUT2D eigenvalue weighted by Crippen LogP contribution is -2.43. The van der Waals surface area contributed by atoms with Crippen LogP contribution >= 0.6 is 0 Å². The fourth-order valence-corrected chi connectivity index (χ4v) is 2.23. The van der Waals surface area contributed by atoms with Crippen molar-refractivity contribution in [2.24, 2.45) is 0 Å². The molecule has 0 saturated carbocycles. The maximum Gasteiger partial charge on any atom is 0.276 e. The number of hydrazine groups is 1. The maximum atomic E-state index is 12.8. The summed E-state index contributed by atoms with van der Waals surface area (Å²) < 4.78 is 18.2. The van der Waals surface area contributed by atoms with Gasteiger partial charge in [-0.25, -0.2) is 4.39 Å². The third kappa shape index (κ3) is 6.93. The van der Waals surface area contributed by atoms with Gasteiger partial charge in [-0.15, -0.1) is 0 Å². The molecular weight excluding hydrogens is 347 g/mol. The summed E-state index contributed by atoms with van der Waals surface area (Å²) in [5.41, 5.74) is 6.40. The van der Waals surface area contributed by atoms with Crippen molar-refractivity contribution in [1.29, 1.82) is 0 Å². The quantitative estimate of drug-likeness (QED) is 0.578. The first-order chi connectivity index (χ1) is 13.0. The zero-order valence-corrected chi connectivity index (χ0v) is 15.4. The number of carbonyl (C=O) groups is 2. The molecule has 5 nitrogen and oxygen atoms in total. The monoisotopic (exact) mass is 370 g/mol. The zero-order chi connectivity index (χ0) is 19.6. The van der Waals surface area contributed by atoms with E-state index in [4.69, 9.17) is 4.74 Å². The first-order valence-corrected chi connectivity index (χ1v) is 8.73. The van der Waals surface area contributed by atoms with Crippen LogP contribution in [0.5, 0.6) is 5.75 Å². The number of nitrogens with one attached hydrogen (secondary N) is 2. The van der Waals surface area contributed by atoms with Gasteiger partial charge in [-0.2, -0.15) is 0 Å². The van der Waals surface area contributed by atoms with E-state index in [1.807, 2.05) is 24.3 Å². The highest BCUT2D eigenvalue weighted by Crippen LogP contribution is 2.21. The Morgan fingerprint density at radius 2 is 1.74 bits per heavy atom. The van der Waals surface area contributed by atoms with Gasteiger partial charge in [0.1, 0.15) is 11.6 Å². The minimum atomic E-state index is -0.509. The molecule has 0 radical (unpaired) electrons. The first kappa shape index (κ1) is 20.2. The maximum absolute atomic E-state index is 12.8. The highest BCUT2D eigenvalue weighted by atomic mass is 19.1. The standard InChI is InChI=1S/C21H23FN2O3/c1-3-15(2)17-7-11-19(12-8-17)27-14-21(26)24-23-20(25)13-6-16-4-9-18(22)10-5-16/h4-13,15H,3,14H2,1-2H3,(H,23,25)(H,24,26)/b13-6+. The molecule has 0 heterocycles. The highest BCUT2D eigenvalue weighted by molar-refractivity contribution is 5.93. The van der Waals surface area contributed by atoms with Gasteiger partial charge in [0.2, 0.25) is 0 Å². The third-order valence-electron chi connectivity index (χ3n) is 4.05. The van der Waals surface area contributed by atoms with E-state index < -0.39 is 11.8 Å². The predicted molar refractivity (Wildman–Crippen MR) is 102 cm³/mol. The molecule has 0 bridgehead atoms. The normalized spacial score (nSPS) is 11.8. The molecule has 2 rings (SSSR count). The van der Waals surface area contributed by atoms with Gasteiger partial charge >= 0.3 is 0 Å². The van der Waals surface area contributed by atoms with Crippen LogP contribution in [0.15, 0.2) is 54.6 Å². The fraction of sp³-hybridized carbons (Fsp3) is 0.238. The average Bonchev–Trinajstić information content (AvgIpc) is 2.70. The lowest BCUT2D eigenvalue weighted by molar-refractivity contribution is -0.128. The van der Waals surface area contributed by atoms with Crippen molar-refractivity contribution in [1.82, 2.24) is 10.9 Å². The van der Waals surface area contributed by atoms with E-state index in [2.05, 4.69) is 24.7 Å². The highest BCUT2D eigenvalue weighted by Gasteiger charge is 2.06. The molecule has 0 fully saturated rings. The van der Waals surface area contributed by atoms with E-state index in [1.54, 1.807) is 0 Å². The van der Waals surface area contributed by atoms with Gasteiger partial charge in [0.15, 0.2) is 6.61 Å². The second kappa shape index (κ2) is 10.1. The summed E-state index contributed by atoms with van der Waals surface area (Å²) in [5, 5.41) is 0. The van der Waals surface area contributed by atoms with Crippen molar-refractivity contribution in [2.45, 2.75) is 26.2 Å². The van der Waals surface area contributed by atoms with Crippen molar-refractivity contribution in [3.05, 3.63) is 71.6 Å². The molecule has 0 aromatic heterocycles. The van der Waals surface area contributed by atoms with E-state index >= 15 is 0 Å². The van der Waals surface area contributed by atoms with E-state index in [1.165, 1.54) is 42.0 Å². The molecule has 27 heavy (non-hydrogen) atoms. The van der Waals surface area contributed by atoms with Gasteiger partial charge < -0.3 is 4.74 Å². The molecule has 2 N–H and O–H groups in total. The number of carbonyl (C=O) groups excluding carboxylic acids is 2. The van der Waals surface area contributed by atoms with Gasteiger partial charge in [-0.3, -0.25) is 20.4 Å². The zero-order valence-electron chi connectivity index (χ0n) is 15.4. The summed E-state index contributed by atoms with van der Waals surface area (Å²) in [7, 11) is 0. The van der Waals surface area contributed by atoms with Gasteiger partial charge in [-0.05, 0) is 53.8 Å². The average molecular weight is 370 g/mol. The van der Waals surface area contributed by atoms with Gasteiger partial charge in [0, 0.05) is 6.08 Å². The molecule has 0 saturated heterocycles. The van der Waals surface area contributed by atoms with Crippen LogP contribution in [-0.2, 0) is 9.59 Å². The third-order valence-corrected chi connectivity index (χ3v) is 4.05. The summed E-state index contributed by atoms with van der Waals surface area (Å²) >= 11 is 0. The second-order valence-corrected chi connectivity index (χ2v) is 6.09. The smallest absolute Gasteiger partial charge is 0.276 e. The molecule has 0 aliphatic rings. The van der Waals surface area contributed by atoms with E-state index in [0.29, 0.717) is 17.2 Å². The largest absolute Gasteiger partial charge is 0.484 e. The van der Waals surface area contributed by atoms with Crippen LogP contribution in [-0.4, -0.2) is 18.4 Å². The summed E-state index contributed by atoms with van der Waals surface area (Å²) in [4.78, 5) is 23.4. The van der Waals surface area contributed by atoms with Crippen LogP contribution in [0.1, 0.15) is 37.3 Å². The van der Waals surface area contributed by atoms with Gasteiger partial charge in [0.05, 0.1) is 0 Å². The SMILES string of the molecule is CCC(C)c1ccc(OCC(=O)NNC(=O)/C=C/c2ccc(F)cc2)cc1. The van der Waals surface area contributed by atoms with Crippen LogP contribution in [0.2, 0.25) is 0 Å². The Balaban J connectivity index is 1.72. The number of amides is 2. The van der Waals surface area contributed by atoms with Crippen molar-refractivity contribution < 1.29 is 18.7 Å². The molecule has 1 atom stereocenters. The van der Waals surface area contributed by atoms with E-state index in [-0.39, 0.29) is 12.4 Å². The van der Waals surface area contributed by atoms with Crippen LogP contribution < -0.4 is 15.6 Å². The van der Waals surface area contributed by atoms with E-state index in [9.17, 15) is 14.0 Å². The summed E-state index contributed by atoms with van der Waals surface area (Å²) in [6, 6.07) is 13.3. The number of hydrogen-bond acceptors (Lipinski definition) is 3. The number of hydrogen-bond donors (Lipinski definition) is 2. The summed E-state index contributed by atoms with van der Waals surface area (Å²) in [6.45, 7) is 4.06. The molecule has 0 aliphatic carbocycles. The van der Waals surface area contributed by atoms with E-state index in [0.717, 1.165) is 6.42 Å². The van der Waals surface area contributed by atoms with Crippen LogP contribution in [0.3, 0.4) is 0 Å². The van der Waals surface area contributed by atoms with Crippen LogP contribution in [0.4, 0.5) is 4.39 Å². The summed E-state index contributed by atoms with van der Waals surface area (Å²) in [6.07, 6.45) is 3.80. The van der Waals surface area contributed by atoms with Gasteiger partial charge in [-0.1, -0.05) is 38.1 Å². The molecule has 2 aromatic rings. The Bertz CT molecular complexity index is 786. The molecule has 142 valence electrons. The minimum Gasteiger partial charge on any atom is -0.484 e. The fourth-order valence-electron chi connectivity index (χ4n) is 2.23. The Labute approximate surface area is 158 Å². The number of benzene rings is 2. The molecule has 1 unspecified atom stereocenters. The Kier molecular flexibility index (Phi) is 7.55. The van der Waals surface area contributed by atoms with Crippen molar-refractivity contribution in [3.63, 3.8) is 0 Å². The molecule has 0 aliphatic heterocycles. The van der Waals surface area contributed by atoms with Crippen molar-refractivity contribution in [2.75, 3.05) is 6.61 Å². The summed E-state index contributed by atoms with van der Waals surface area (Å²) in [5.74, 6) is -0.284. The lowest BCUT2D eigenvalue weighted by Gasteiger charge is -2.11. The Morgan fingerprint density at radius 1 is 1.07 bits per heavy atom. The lowest BCUT2D eigenvalue weighted by atomic mass is 9.99. The molecule has 6 heteroatoms. The van der Waals surface area contributed by atoms with Gasteiger partial charge in [0.25, 0.3) is 11.8 Å². The minimum absolute atomic E-state index is 0.218. The topological polar surface area (TPSA) is 67.4 Å². The molecule has 2 amide bonds. The predicted octanol–water partition coefficient (Wildman–Crippen LogP) is 3.58. The number of halogens is 1. The first-order valence-electron chi connectivity index (χ1n) is 8.73. The second-order valence-electron chi connectivity index (χ2n) is 6.09. The van der Waals surface area contributed by atoms with Crippen molar-refractivity contribution >= 4 is 17.9 Å². The Morgan fingerprint density at radius 3 is 2.37 bits per heavy atom. The number of rotatable bonds is 7. The van der Waals surface area contributed by atoms with Crippen LogP contribution in [0.25, 0.3) is 6.08 Å². The van der Waals surface area contributed by atoms with Crippen LogP contribution in [0, 0.1) is 5.82 Å².